The molecule has 0 saturated carbocycles. The van der Waals surface area contributed by atoms with Crippen LogP contribution in [0.15, 0.2) is 48.8 Å². The Balaban J connectivity index is 1.49. The number of hydrogen-bond donors (Lipinski definition) is 1. The van der Waals surface area contributed by atoms with Gasteiger partial charge in [0.2, 0.25) is 0 Å². The summed E-state index contributed by atoms with van der Waals surface area (Å²) in [5.74, 6) is 0.673. The lowest BCUT2D eigenvalue weighted by Gasteiger charge is -2.43. The van der Waals surface area contributed by atoms with Crippen LogP contribution in [0.5, 0.6) is 5.75 Å². The maximum Gasteiger partial charge on any atom is 0.255 e. The SMILES string of the molecule is O=C1NCC2(CCCCCOc3ccccc31)CCCN(Cc1cccnc1)C2. The van der Waals surface area contributed by atoms with Gasteiger partial charge >= 0.3 is 0 Å². The molecule has 1 fully saturated rings. The average Bonchev–Trinajstić information content (AvgIpc) is 2.75. The number of fused-ring (bicyclic) bond motifs is 1. The normalized spacial score (nSPS) is 23.9. The van der Waals surface area contributed by atoms with E-state index in [1.165, 1.54) is 31.2 Å². The van der Waals surface area contributed by atoms with Crippen molar-refractivity contribution in [2.24, 2.45) is 5.41 Å². The number of para-hydroxylation sites is 1. The van der Waals surface area contributed by atoms with E-state index in [0.29, 0.717) is 17.9 Å². The molecular weight excluding hydrogens is 362 g/mol. The fraction of sp³-hybridized carbons (Fsp3) is 0.500. The highest BCUT2D eigenvalue weighted by atomic mass is 16.5. The number of likely N-dealkylation sites (tertiary alicyclic amines) is 1. The summed E-state index contributed by atoms with van der Waals surface area (Å²) in [6.07, 6.45) is 10.7. The summed E-state index contributed by atoms with van der Waals surface area (Å²) >= 11 is 0. The van der Waals surface area contributed by atoms with Gasteiger partial charge in [0.25, 0.3) is 5.91 Å². The number of amides is 1. The summed E-state index contributed by atoms with van der Waals surface area (Å²) in [5.41, 5.74) is 2.05. The summed E-state index contributed by atoms with van der Waals surface area (Å²) in [5, 5.41) is 3.24. The lowest BCUT2D eigenvalue weighted by Crippen LogP contribution is -2.49. The quantitative estimate of drug-likeness (QED) is 0.836. The van der Waals surface area contributed by atoms with Crippen molar-refractivity contribution in [2.45, 2.75) is 45.1 Å². The number of hydrogen-bond acceptors (Lipinski definition) is 4. The predicted octanol–water partition coefficient (Wildman–Crippen LogP) is 4.05. The van der Waals surface area contributed by atoms with Crippen molar-refractivity contribution in [1.82, 2.24) is 15.2 Å². The molecule has 0 aliphatic carbocycles. The minimum Gasteiger partial charge on any atom is -0.493 e. The van der Waals surface area contributed by atoms with Crippen molar-refractivity contribution < 1.29 is 9.53 Å². The molecule has 2 aliphatic heterocycles. The Labute approximate surface area is 173 Å². The van der Waals surface area contributed by atoms with Crippen LogP contribution in [0.4, 0.5) is 0 Å². The average molecular weight is 394 g/mol. The number of carbonyl (C=O) groups excluding carboxylic acids is 1. The molecular formula is C24H31N3O2. The molecule has 1 aromatic carbocycles. The Bertz CT molecular complexity index is 811. The van der Waals surface area contributed by atoms with Gasteiger partial charge in [0, 0.05) is 37.4 Å². The molecule has 4 rings (SSSR count). The Morgan fingerprint density at radius 2 is 1.97 bits per heavy atom. The van der Waals surface area contributed by atoms with Crippen molar-refractivity contribution in [3.05, 3.63) is 59.9 Å². The van der Waals surface area contributed by atoms with Crippen molar-refractivity contribution in [2.75, 3.05) is 26.2 Å². The number of nitrogens with zero attached hydrogens (tertiary/aromatic N) is 2. The van der Waals surface area contributed by atoms with Crippen molar-refractivity contribution >= 4 is 5.91 Å². The fourth-order valence-corrected chi connectivity index (χ4v) is 4.74. The van der Waals surface area contributed by atoms with E-state index in [0.717, 1.165) is 39.0 Å². The summed E-state index contributed by atoms with van der Waals surface area (Å²) in [6.45, 7) is 4.47. The first kappa shape index (κ1) is 19.9. The van der Waals surface area contributed by atoms with Gasteiger partial charge in [-0.3, -0.25) is 14.7 Å². The Kier molecular flexibility index (Phi) is 6.45. The zero-order chi connectivity index (χ0) is 19.9. The standard InChI is InChI=1S/C24H31N3O2/c28-23-21-9-2-3-10-22(21)29-15-5-1-4-11-24(18-26-23)12-7-14-27(19-24)17-20-8-6-13-25-16-20/h2-3,6,8-10,13,16H,1,4-5,7,11-12,14-15,17-19H2,(H,26,28). The second kappa shape index (κ2) is 9.40. The summed E-state index contributed by atoms with van der Waals surface area (Å²) in [7, 11) is 0. The van der Waals surface area contributed by atoms with Gasteiger partial charge in [-0.15, -0.1) is 0 Å². The highest BCUT2D eigenvalue weighted by molar-refractivity contribution is 5.96. The molecule has 29 heavy (non-hydrogen) atoms. The number of ether oxygens (including phenoxy) is 1. The number of pyridine rings is 1. The molecule has 0 radical (unpaired) electrons. The van der Waals surface area contributed by atoms with Gasteiger partial charge in [-0.05, 0) is 56.0 Å². The topological polar surface area (TPSA) is 54.5 Å². The molecule has 1 N–H and O–H groups in total. The Hall–Kier alpha value is -2.40. The number of benzene rings is 1. The number of piperidine rings is 1. The van der Waals surface area contributed by atoms with Gasteiger partial charge in [0.05, 0.1) is 12.2 Å². The third-order valence-corrected chi connectivity index (χ3v) is 6.23. The van der Waals surface area contributed by atoms with Gasteiger partial charge < -0.3 is 10.1 Å². The lowest BCUT2D eigenvalue weighted by atomic mass is 9.75. The second-order valence-corrected chi connectivity index (χ2v) is 8.51. The highest BCUT2D eigenvalue weighted by Gasteiger charge is 2.35. The summed E-state index contributed by atoms with van der Waals surface area (Å²) in [6, 6.07) is 11.7. The highest BCUT2D eigenvalue weighted by Crippen LogP contribution is 2.36. The van der Waals surface area contributed by atoms with E-state index in [1.54, 1.807) is 0 Å². The van der Waals surface area contributed by atoms with E-state index < -0.39 is 0 Å². The van der Waals surface area contributed by atoms with Crippen LogP contribution in [0, 0.1) is 5.41 Å². The van der Waals surface area contributed by atoms with Gasteiger partial charge in [-0.25, -0.2) is 0 Å². The first-order valence-electron chi connectivity index (χ1n) is 10.9. The van der Waals surface area contributed by atoms with Crippen molar-refractivity contribution in [1.29, 1.82) is 0 Å². The monoisotopic (exact) mass is 393 g/mol. The number of aromatic nitrogens is 1. The first-order chi connectivity index (χ1) is 14.2. The smallest absolute Gasteiger partial charge is 0.255 e. The van der Waals surface area contributed by atoms with Crippen LogP contribution in [0.3, 0.4) is 0 Å². The van der Waals surface area contributed by atoms with Crippen LogP contribution in [0.1, 0.15) is 54.4 Å². The van der Waals surface area contributed by atoms with Crippen LogP contribution in [0.25, 0.3) is 0 Å². The van der Waals surface area contributed by atoms with Crippen LogP contribution in [-0.4, -0.2) is 42.0 Å². The van der Waals surface area contributed by atoms with Crippen molar-refractivity contribution in [3.63, 3.8) is 0 Å². The molecule has 1 atom stereocenters. The number of carbonyl (C=O) groups is 1. The third-order valence-electron chi connectivity index (χ3n) is 6.23. The lowest BCUT2D eigenvalue weighted by molar-refractivity contribution is 0.0644. The van der Waals surface area contributed by atoms with Gasteiger partial charge in [-0.2, -0.15) is 0 Å². The molecule has 5 heteroatoms. The molecule has 1 aromatic heterocycles. The number of nitrogens with one attached hydrogen (secondary N) is 1. The predicted molar refractivity (Wildman–Crippen MR) is 114 cm³/mol. The third kappa shape index (κ3) is 5.15. The van der Waals surface area contributed by atoms with Crippen LogP contribution in [0.2, 0.25) is 0 Å². The minimum absolute atomic E-state index is 0.0232. The Morgan fingerprint density at radius 1 is 1.07 bits per heavy atom. The van der Waals surface area contributed by atoms with Crippen LogP contribution < -0.4 is 10.1 Å². The molecule has 5 nitrogen and oxygen atoms in total. The zero-order valence-corrected chi connectivity index (χ0v) is 17.1. The van der Waals surface area contributed by atoms with Gasteiger partial charge in [-0.1, -0.05) is 31.0 Å². The molecule has 1 spiro atoms. The van der Waals surface area contributed by atoms with Crippen LogP contribution in [-0.2, 0) is 6.54 Å². The molecule has 2 aliphatic rings. The van der Waals surface area contributed by atoms with E-state index in [9.17, 15) is 4.79 Å². The molecule has 154 valence electrons. The van der Waals surface area contributed by atoms with E-state index in [4.69, 9.17) is 4.74 Å². The van der Waals surface area contributed by atoms with E-state index in [1.807, 2.05) is 42.7 Å². The van der Waals surface area contributed by atoms with E-state index in [-0.39, 0.29) is 11.3 Å². The van der Waals surface area contributed by atoms with Crippen LogP contribution >= 0.6 is 0 Å². The fourth-order valence-electron chi connectivity index (χ4n) is 4.74. The largest absolute Gasteiger partial charge is 0.493 e. The maximum absolute atomic E-state index is 12.9. The molecule has 1 unspecified atom stereocenters. The van der Waals surface area contributed by atoms with E-state index >= 15 is 0 Å². The van der Waals surface area contributed by atoms with Gasteiger partial charge in [0.1, 0.15) is 5.75 Å². The van der Waals surface area contributed by atoms with Crippen molar-refractivity contribution in [3.8, 4) is 5.75 Å². The molecule has 2 aromatic rings. The second-order valence-electron chi connectivity index (χ2n) is 8.51. The summed E-state index contributed by atoms with van der Waals surface area (Å²) < 4.78 is 5.88. The summed E-state index contributed by atoms with van der Waals surface area (Å²) in [4.78, 5) is 19.7. The number of rotatable bonds is 2. The minimum atomic E-state index is -0.0232. The first-order valence-corrected chi connectivity index (χ1v) is 10.9. The Morgan fingerprint density at radius 3 is 2.86 bits per heavy atom. The molecule has 1 amide bonds. The molecule has 0 bridgehead atoms. The maximum atomic E-state index is 12.9. The molecule has 3 heterocycles. The zero-order valence-electron chi connectivity index (χ0n) is 17.1. The molecule has 1 saturated heterocycles. The van der Waals surface area contributed by atoms with E-state index in [2.05, 4.69) is 21.3 Å². The van der Waals surface area contributed by atoms with Gasteiger partial charge in [0.15, 0.2) is 0 Å².